The summed E-state index contributed by atoms with van der Waals surface area (Å²) in [6.07, 6.45) is 3.26. The maximum atomic E-state index is 12.2. The zero-order chi connectivity index (χ0) is 15.9. The zero-order valence-electron chi connectivity index (χ0n) is 13.3. The third kappa shape index (κ3) is 4.48. The molecule has 1 N–H and O–H groups in total. The summed E-state index contributed by atoms with van der Waals surface area (Å²) >= 11 is 0. The summed E-state index contributed by atoms with van der Waals surface area (Å²) in [6, 6.07) is 7.02. The number of hydrogen-bond donors (Lipinski definition) is 1. The van der Waals surface area contributed by atoms with Gasteiger partial charge in [-0.3, -0.25) is 9.59 Å². The van der Waals surface area contributed by atoms with Crippen LogP contribution in [-0.4, -0.2) is 42.5 Å². The molecule has 1 unspecified atom stereocenters. The Morgan fingerprint density at radius 2 is 1.91 bits per heavy atom. The molecule has 0 aromatic heterocycles. The first kappa shape index (κ1) is 16.3. The summed E-state index contributed by atoms with van der Waals surface area (Å²) in [5, 5.41) is 2.71. The van der Waals surface area contributed by atoms with Gasteiger partial charge in [-0.1, -0.05) is 18.2 Å². The molecule has 1 aromatic rings. The lowest BCUT2D eigenvalue weighted by Crippen LogP contribution is -2.49. The Labute approximate surface area is 131 Å². The van der Waals surface area contributed by atoms with E-state index in [-0.39, 0.29) is 18.4 Å². The van der Waals surface area contributed by atoms with Gasteiger partial charge in [-0.2, -0.15) is 0 Å². The molecule has 0 bridgehead atoms. The molecule has 0 radical (unpaired) electrons. The van der Waals surface area contributed by atoms with Gasteiger partial charge in [0, 0.05) is 13.1 Å². The summed E-state index contributed by atoms with van der Waals surface area (Å²) in [4.78, 5) is 26.0. The third-order valence-corrected chi connectivity index (χ3v) is 3.87. The van der Waals surface area contributed by atoms with Crippen molar-refractivity contribution in [3.05, 3.63) is 29.8 Å². The largest absolute Gasteiger partial charge is 0.484 e. The van der Waals surface area contributed by atoms with Crippen molar-refractivity contribution in [3.8, 4) is 5.75 Å². The molecular weight excluding hydrogens is 280 g/mol. The minimum absolute atomic E-state index is 0.0102. The Balaban J connectivity index is 1.78. The second-order valence-corrected chi connectivity index (χ2v) is 5.73. The number of aryl methyl sites for hydroxylation is 1. The molecular formula is C17H24N2O3. The highest BCUT2D eigenvalue weighted by molar-refractivity contribution is 5.87. The lowest BCUT2D eigenvalue weighted by Gasteiger charge is -2.29. The van der Waals surface area contributed by atoms with Crippen molar-refractivity contribution in [1.82, 2.24) is 10.2 Å². The van der Waals surface area contributed by atoms with Gasteiger partial charge >= 0.3 is 0 Å². The van der Waals surface area contributed by atoms with E-state index in [1.165, 1.54) is 6.42 Å². The Morgan fingerprint density at radius 1 is 1.23 bits per heavy atom. The average molecular weight is 304 g/mol. The van der Waals surface area contributed by atoms with Crippen LogP contribution in [0.25, 0.3) is 0 Å². The Morgan fingerprint density at radius 3 is 2.59 bits per heavy atom. The van der Waals surface area contributed by atoms with E-state index in [1.54, 1.807) is 6.92 Å². The first-order chi connectivity index (χ1) is 10.6. The SMILES string of the molecule is Cc1ccccc1OCC(=O)NC(C)C(=O)N1CCCCC1. The highest BCUT2D eigenvalue weighted by atomic mass is 16.5. The number of para-hydroxylation sites is 1. The van der Waals surface area contributed by atoms with Gasteiger partial charge < -0.3 is 15.0 Å². The van der Waals surface area contributed by atoms with Crippen LogP contribution in [-0.2, 0) is 9.59 Å². The number of piperidine rings is 1. The fourth-order valence-electron chi connectivity index (χ4n) is 2.59. The van der Waals surface area contributed by atoms with Crippen LogP contribution in [0.4, 0.5) is 0 Å². The summed E-state index contributed by atoms with van der Waals surface area (Å²) in [5.74, 6) is 0.401. The molecule has 0 saturated carbocycles. The van der Waals surface area contributed by atoms with Gasteiger partial charge in [0.2, 0.25) is 5.91 Å². The van der Waals surface area contributed by atoms with Gasteiger partial charge in [-0.05, 0) is 44.7 Å². The summed E-state index contributed by atoms with van der Waals surface area (Å²) in [6.45, 7) is 5.15. The predicted octanol–water partition coefficient (Wildman–Crippen LogP) is 1.89. The first-order valence-corrected chi connectivity index (χ1v) is 7.84. The minimum atomic E-state index is -0.508. The molecule has 1 saturated heterocycles. The van der Waals surface area contributed by atoms with E-state index in [1.807, 2.05) is 36.1 Å². The van der Waals surface area contributed by atoms with Crippen molar-refractivity contribution in [3.63, 3.8) is 0 Å². The minimum Gasteiger partial charge on any atom is -0.484 e. The number of nitrogens with zero attached hydrogens (tertiary/aromatic N) is 1. The van der Waals surface area contributed by atoms with Crippen LogP contribution >= 0.6 is 0 Å². The Kier molecular flexibility index (Phi) is 5.81. The van der Waals surface area contributed by atoms with E-state index >= 15 is 0 Å². The van der Waals surface area contributed by atoms with Gasteiger partial charge in [-0.25, -0.2) is 0 Å². The fraction of sp³-hybridized carbons (Fsp3) is 0.529. The number of hydrogen-bond acceptors (Lipinski definition) is 3. The van der Waals surface area contributed by atoms with Gasteiger partial charge in [0.25, 0.3) is 5.91 Å². The highest BCUT2D eigenvalue weighted by Crippen LogP contribution is 2.15. The average Bonchev–Trinajstić information content (AvgIpc) is 2.54. The van der Waals surface area contributed by atoms with Crippen molar-refractivity contribution >= 4 is 11.8 Å². The summed E-state index contributed by atoms with van der Waals surface area (Å²) in [7, 11) is 0. The number of likely N-dealkylation sites (tertiary alicyclic amines) is 1. The number of nitrogens with one attached hydrogen (secondary N) is 1. The van der Waals surface area contributed by atoms with Gasteiger partial charge in [-0.15, -0.1) is 0 Å². The normalized spacial score (nSPS) is 16.0. The Bertz CT molecular complexity index is 524. The lowest BCUT2D eigenvalue weighted by molar-refractivity contribution is -0.137. The molecule has 1 aromatic carbocycles. The van der Waals surface area contributed by atoms with Crippen LogP contribution in [0.1, 0.15) is 31.7 Å². The van der Waals surface area contributed by atoms with Crippen LogP contribution in [0.5, 0.6) is 5.75 Å². The number of ether oxygens (including phenoxy) is 1. The van der Waals surface area contributed by atoms with Gasteiger partial charge in [0.05, 0.1) is 0 Å². The molecule has 120 valence electrons. The molecule has 5 heteroatoms. The van der Waals surface area contributed by atoms with Crippen molar-refractivity contribution in [1.29, 1.82) is 0 Å². The van der Waals surface area contributed by atoms with Gasteiger partial charge in [0.15, 0.2) is 6.61 Å². The standard InChI is InChI=1S/C17H24N2O3/c1-13-8-4-5-9-15(13)22-12-16(20)18-14(2)17(21)19-10-6-3-7-11-19/h4-5,8-9,14H,3,6-7,10-12H2,1-2H3,(H,18,20). The van der Waals surface area contributed by atoms with E-state index in [4.69, 9.17) is 4.74 Å². The van der Waals surface area contributed by atoms with E-state index in [2.05, 4.69) is 5.32 Å². The van der Waals surface area contributed by atoms with Gasteiger partial charge in [0.1, 0.15) is 11.8 Å². The zero-order valence-corrected chi connectivity index (χ0v) is 13.3. The van der Waals surface area contributed by atoms with E-state index in [0.29, 0.717) is 5.75 Å². The monoisotopic (exact) mass is 304 g/mol. The molecule has 1 aliphatic heterocycles. The maximum absolute atomic E-state index is 12.2. The van der Waals surface area contributed by atoms with Crippen LogP contribution < -0.4 is 10.1 Å². The Hall–Kier alpha value is -2.04. The first-order valence-electron chi connectivity index (χ1n) is 7.84. The van der Waals surface area contributed by atoms with Crippen molar-refractivity contribution < 1.29 is 14.3 Å². The molecule has 1 fully saturated rings. The lowest BCUT2D eigenvalue weighted by atomic mass is 10.1. The molecule has 1 aliphatic rings. The number of carbonyl (C=O) groups is 2. The topological polar surface area (TPSA) is 58.6 Å². The highest BCUT2D eigenvalue weighted by Gasteiger charge is 2.23. The number of carbonyl (C=O) groups excluding carboxylic acids is 2. The summed E-state index contributed by atoms with van der Waals surface area (Å²) < 4.78 is 5.49. The van der Waals surface area contributed by atoms with Crippen LogP contribution in [0, 0.1) is 6.92 Å². The molecule has 0 spiro atoms. The molecule has 0 aliphatic carbocycles. The van der Waals surface area contributed by atoms with Crippen LogP contribution in [0.3, 0.4) is 0 Å². The molecule has 5 nitrogen and oxygen atoms in total. The molecule has 22 heavy (non-hydrogen) atoms. The number of rotatable bonds is 5. The maximum Gasteiger partial charge on any atom is 0.258 e. The van der Waals surface area contributed by atoms with Crippen LogP contribution in [0.2, 0.25) is 0 Å². The van der Waals surface area contributed by atoms with Crippen molar-refractivity contribution in [2.75, 3.05) is 19.7 Å². The smallest absolute Gasteiger partial charge is 0.258 e. The van der Waals surface area contributed by atoms with Crippen LogP contribution in [0.15, 0.2) is 24.3 Å². The van der Waals surface area contributed by atoms with E-state index in [0.717, 1.165) is 31.5 Å². The second kappa shape index (κ2) is 7.82. The van der Waals surface area contributed by atoms with Crippen molar-refractivity contribution in [2.45, 2.75) is 39.2 Å². The van der Waals surface area contributed by atoms with E-state index in [9.17, 15) is 9.59 Å². The quantitative estimate of drug-likeness (QED) is 0.904. The molecule has 2 rings (SSSR count). The van der Waals surface area contributed by atoms with E-state index < -0.39 is 6.04 Å². The van der Waals surface area contributed by atoms with Crippen molar-refractivity contribution in [2.24, 2.45) is 0 Å². The second-order valence-electron chi connectivity index (χ2n) is 5.73. The molecule has 1 atom stereocenters. The fourth-order valence-corrected chi connectivity index (χ4v) is 2.59. The summed E-state index contributed by atoms with van der Waals surface area (Å²) in [5.41, 5.74) is 0.979. The predicted molar refractivity (Wildman–Crippen MR) is 84.7 cm³/mol. The number of benzene rings is 1. The third-order valence-electron chi connectivity index (χ3n) is 3.87. The number of amides is 2. The molecule has 1 heterocycles. The molecule has 2 amide bonds.